The molecule has 19 heavy (non-hydrogen) atoms. The number of benzene rings is 1. The molecule has 0 unspecified atom stereocenters. The van der Waals surface area contributed by atoms with Gasteiger partial charge in [0.15, 0.2) is 5.57 Å². The zero-order valence-corrected chi connectivity index (χ0v) is 10.0. The van der Waals surface area contributed by atoms with E-state index in [0.29, 0.717) is 5.69 Å². The third-order valence-corrected chi connectivity index (χ3v) is 2.46. The number of aromatic nitrogens is 2. The Labute approximate surface area is 109 Å². The van der Waals surface area contributed by atoms with Crippen LogP contribution in [0.3, 0.4) is 0 Å². The van der Waals surface area contributed by atoms with Crippen LogP contribution in [0.4, 0.5) is 5.69 Å². The summed E-state index contributed by atoms with van der Waals surface area (Å²) in [5, 5.41) is 29.2. The number of nitriles is 3. The summed E-state index contributed by atoms with van der Waals surface area (Å²) in [6.07, 6.45) is 0. The van der Waals surface area contributed by atoms with Gasteiger partial charge in [-0.3, -0.25) is 0 Å². The van der Waals surface area contributed by atoms with Crippen molar-refractivity contribution in [3.8, 4) is 18.2 Å². The van der Waals surface area contributed by atoms with Crippen molar-refractivity contribution >= 4 is 16.7 Å². The fourth-order valence-electron chi connectivity index (χ4n) is 1.64. The van der Waals surface area contributed by atoms with Gasteiger partial charge in [-0.1, -0.05) is 0 Å². The lowest BCUT2D eigenvalue weighted by atomic mass is 10.2. The summed E-state index contributed by atoms with van der Waals surface area (Å²) in [7, 11) is 0. The lowest BCUT2D eigenvalue weighted by Gasteiger charge is -2.03. The van der Waals surface area contributed by atoms with Crippen LogP contribution in [0.15, 0.2) is 29.5 Å². The molecule has 0 atom stereocenters. The van der Waals surface area contributed by atoms with E-state index in [-0.39, 0.29) is 11.3 Å². The van der Waals surface area contributed by atoms with Crippen molar-refractivity contribution in [3.63, 3.8) is 0 Å². The van der Waals surface area contributed by atoms with Gasteiger partial charge in [0.05, 0.1) is 11.0 Å². The Morgan fingerprint density at radius 3 is 2.58 bits per heavy atom. The van der Waals surface area contributed by atoms with Gasteiger partial charge in [-0.05, 0) is 25.1 Å². The summed E-state index contributed by atoms with van der Waals surface area (Å²) in [6.45, 7) is 1.84. The molecule has 0 spiro atoms. The number of rotatable bonds is 2. The highest BCUT2D eigenvalue weighted by Crippen LogP contribution is 2.19. The van der Waals surface area contributed by atoms with Crippen molar-refractivity contribution in [2.24, 2.45) is 0 Å². The third-order valence-electron chi connectivity index (χ3n) is 2.46. The topological polar surface area (TPSA) is 112 Å². The van der Waals surface area contributed by atoms with Gasteiger partial charge in [0, 0.05) is 5.69 Å². The molecule has 1 aromatic heterocycles. The third kappa shape index (κ3) is 2.36. The van der Waals surface area contributed by atoms with Crippen LogP contribution < -0.4 is 5.32 Å². The van der Waals surface area contributed by atoms with Crippen molar-refractivity contribution in [3.05, 3.63) is 35.3 Å². The fourth-order valence-corrected chi connectivity index (χ4v) is 1.64. The Balaban J connectivity index is 2.42. The molecule has 1 heterocycles. The predicted octanol–water partition coefficient (Wildman–Crippen LogP) is 2.11. The van der Waals surface area contributed by atoms with E-state index in [9.17, 15) is 0 Å². The molecule has 90 valence electrons. The lowest BCUT2D eigenvalue weighted by Crippen LogP contribution is -2.00. The number of H-pyrrole nitrogens is 1. The van der Waals surface area contributed by atoms with Gasteiger partial charge in [0.25, 0.3) is 0 Å². The van der Waals surface area contributed by atoms with E-state index in [2.05, 4.69) is 15.3 Å². The number of nitrogens with zero attached hydrogens (tertiary/aromatic N) is 4. The molecular weight excluding hydrogens is 240 g/mol. The van der Waals surface area contributed by atoms with Crippen LogP contribution >= 0.6 is 0 Å². The molecule has 2 rings (SSSR count). The molecule has 6 nitrogen and oxygen atoms in total. The largest absolute Gasteiger partial charge is 0.345 e. The van der Waals surface area contributed by atoms with Gasteiger partial charge >= 0.3 is 0 Å². The predicted molar refractivity (Wildman–Crippen MR) is 68.3 cm³/mol. The molecule has 0 amide bonds. The lowest BCUT2D eigenvalue weighted by molar-refractivity contribution is 1.17. The second-order valence-corrected chi connectivity index (χ2v) is 3.76. The Morgan fingerprint density at radius 2 is 1.95 bits per heavy atom. The van der Waals surface area contributed by atoms with Gasteiger partial charge in [-0.25, -0.2) is 4.98 Å². The molecule has 0 saturated heterocycles. The van der Waals surface area contributed by atoms with E-state index in [1.54, 1.807) is 36.4 Å². The average Bonchev–Trinajstić information content (AvgIpc) is 2.78. The van der Waals surface area contributed by atoms with Crippen LogP contribution in [0.2, 0.25) is 0 Å². The molecule has 0 fully saturated rings. The number of allylic oxidation sites excluding steroid dienone is 2. The molecule has 0 saturated carbocycles. The molecule has 2 aromatic rings. The van der Waals surface area contributed by atoms with Crippen molar-refractivity contribution in [1.82, 2.24) is 9.97 Å². The normalized spacial score (nSPS) is 9.16. The van der Waals surface area contributed by atoms with Gasteiger partial charge in [0.2, 0.25) is 0 Å². The average molecular weight is 248 g/mol. The molecule has 0 radical (unpaired) electrons. The Morgan fingerprint density at radius 1 is 1.21 bits per heavy atom. The number of aryl methyl sites for hydroxylation is 1. The van der Waals surface area contributed by atoms with Crippen LogP contribution in [0.5, 0.6) is 0 Å². The monoisotopic (exact) mass is 248 g/mol. The van der Waals surface area contributed by atoms with Crippen LogP contribution in [-0.2, 0) is 0 Å². The molecule has 6 heteroatoms. The van der Waals surface area contributed by atoms with Crippen molar-refractivity contribution < 1.29 is 0 Å². The Bertz CT molecular complexity index is 775. The number of anilines is 1. The minimum atomic E-state index is -0.247. The van der Waals surface area contributed by atoms with E-state index in [0.717, 1.165) is 16.9 Å². The van der Waals surface area contributed by atoms with Gasteiger partial charge in [-0.15, -0.1) is 0 Å². The number of hydrogen-bond donors (Lipinski definition) is 2. The second-order valence-electron chi connectivity index (χ2n) is 3.76. The quantitative estimate of drug-likeness (QED) is 0.790. The van der Waals surface area contributed by atoms with E-state index in [1.807, 2.05) is 6.92 Å². The minimum Gasteiger partial charge on any atom is -0.345 e. The summed E-state index contributed by atoms with van der Waals surface area (Å²) >= 11 is 0. The van der Waals surface area contributed by atoms with E-state index >= 15 is 0 Å². The molecule has 0 aliphatic heterocycles. The number of imidazole rings is 1. The molecular formula is C13H8N6. The minimum absolute atomic E-state index is 0.0689. The SMILES string of the molecule is Cc1nc2ccc(NC(C#N)=C(C#N)C#N)cc2[nH]1. The first-order chi connectivity index (χ1) is 9.17. The maximum atomic E-state index is 8.94. The number of fused-ring (bicyclic) bond motifs is 1. The highest BCUT2D eigenvalue weighted by atomic mass is 14.9. The molecule has 2 N–H and O–H groups in total. The highest BCUT2D eigenvalue weighted by Gasteiger charge is 2.07. The molecule has 1 aromatic carbocycles. The van der Waals surface area contributed by atoms with E-state index in [4.69, 9.17) is 15.8 Å². The van der Waals surface area contributed by atoms with Crippen LogP contribution in [0, 0.1) is 40.9 Å². The van der Waals surface area contributed by atoms with Gasteiger partial charge in [0.1, 0.15) is 29.7 Å². The van der Waals surface area contributed by atoms with Crippen molar-refractivity contribution in [2.45, 2.75) is 6.92 Å². The second kappa shape index (κ2) is 4.91. The van der Waals surface area contributed by atoms with Crippen LogP contribution in [0.1, 0.15) is 5.82 Å². The van der Waals surface area contributed by atoms with Crippen LogP contribution in [-0.4, -0.2) is 9.97 Å². The molecule has 0 bridgehead atoms. The maximum Gasteiger partial charge on any atom is 0.163 e. The van der Waals surface area contributed by atoms with E-state index in [1.165, 1.54) is 0 Å². The number of nitrogens with one attached hydrogen (secondary N) is 2. The summed E-state index contributed by atoms with van der Waals surface area (Å²) in [4.78, 5) is 7.32. The summed E-state index contributed by atoms with van der Waals surface area (Å²) in [5.74, 6) is 0.790. The summed E-state index contributed by atoms with van der Waals surface area (Å²) in [6, 6.07) is 10.4. The van der Waals surface area contributed by atoms with Gasteiger partial charge in [-0.2, -0.15) is 15.8 Å². The first kappa shape index (κ1) is 12.2. The molecule has 0 aliphatic rings. The smallest absolute Gasteiger partial charge is 0.163 e. The Hall–Kier alpha value is -3.30. The number of hydrogen-bond acceptors (Lipinski definition) is 5. The molecule has 0 aliphatic carbocycles. The standard InChI is InChI=1S/C13H8N6/c1-8-17-11-3-2-10(4-12(11)18-8)19-13(7-16)9(5-14)6-15/h2-4,19H,1H3,(H,17,18). The zero-order chi connectivity index (χ0) is 13.8. The summed E-state index contributed by atoms with van der Waals surface area (Å²) in [5.41, 5.74) is 1.92. The van der Waals surface area contributed by atoms with Crippen LogP contribution in [0.25, 0.3) is 11.0 Å². The fraction of sp³-hybridized carbons (Fsp3) is 0.0769. The van der Waals surface area contributed by atoms with Crippen molar-refractivity contribution in [1.29, 1.82) is 15.8 Å². The van der Waals surface area contributed by atoms with Crippen molar-refractivity contribution in [2.75, 3.05) is 5.32 Å². The first-order valence-electron chi connectivity index (χ1n) is 5.36. The highest BCUT2D eigenvalue weighted by molar-refractivity contribution is 5.80. The maximum absolute atomic E-state index is 8.94. The van der Waals surface area contributed by atoms with E-state index < -0.39 is 0 Å². The Kier molecular flexibility index (Phi) is 3.14. The zero-order valence-electron chi connectivity index (χ0n) is 10.0. The first-order valence-corrected chi connectivity index (χ1v) is 5.36. The van der Waals surface area contributed by atoms with Gasteiger partial charge < -0.3 is 10.3 Å². The number of aromatic amines is 1. The summed E-state index contributed by atoms with van der Waals surface area (Å²) < 4.78 is 0.